The third kappa shape index (κ3) is 2.86. The van der Waals surface area contributed by atoms with E-state index >= 15 is 0 Å². The molecule has 0 spiro atoms. The molecule has 2 aromatic heterocycles. The fourth-order valence-corrected chi connectivity index (χ4v) is 2.15. The van der Waals surface area contributed by atoms with Gasteiger partial charge in [0.25, 0.3) is 0 Å². The first-order chi connectivity index (χ1) is 10.3. The van der Waals surface area contributed by atoms with Crippen molar-refractivity contribution in [1.82, 2.24) is 14.8 Å². The number of carbonyl (C=O) groups excluding carboxylic acids is 1. The monoisotopic (exact) mass is 281 g/mol. The molecule has 0 amide bonds. The van der Waals surface area contributed by atoms with Gasteiger partial charge in [-0.25, -0.2) is 4.39 Å². The van der Waals surface area contributed by atoms with E-state index in [0.717, 1.165) is 17.4 Å². The fraction of sp³-hybridized carbons (Fsp3) is 0.0625. The standard InChI is InChI=1S/C16H12FN3O/c17-15-5-1-3-12(7-15)9-20-10-14(11-21)16(19-20)13-4-2-6-18-8-13/h1-8,10-11H,9H2. The minimum absolute atomic E-state index is 0.289. The Labute approximate surface area is 120 Å². The van der Waals surface area contributed by atoms with Crippen LogP contribution >= 0.6 is 0 Å². The van der Waals surface area contributed by atoms with Crippen molar-refractivity contribution in [1.29, 1.82) is 0 Å². The lowest BCUT2D eigenvalue weighted by Crippen LogP contribution is -2.00. The highest BCUT2D eigenvalue weighted by Gasteiger charge is 2.11. The Kier molecular flexibility index (Phi) is 3.55. The molecular weight excluding hydrogens is 269 g/mol. The molecule has 3 aromatic rings. The van der Waals surface area contributed by atoms with Gasteiger partial charge in [-0.05, 0) is 29.8 Å². The molecule has 0 unspecified atom stereocenters. The van der Waals surface area contributed by atoms with E-state index < -0.39 is 0 Å². The summed E-state index contributed by atoms with van der Waals surface area (Å²) in [4.78, 5) is 15.2. The summed E-state index contributed by atoms with van der Waals surface area (Å²) in [6.07, 6.45) is 5.73. The second kappa shape index (κ2) is 5.66. The Hall–Kier alpha value is -2.82. The van der Waals surface area contributed by atoms with Gasteiger partial charge >= 0.3 is 0 Å². The summed E-state index contributed by atoms with van der Waals surface area (Å²) in [5.74, 6) is -0.289. The lowest BCUT2D eigenvalue weighted by Gasteiger charge is -2.02. The summed E-state index contributed by atoms with van der Waals surface area (Å²) in [5.41, 5.74) is 2.62. The number of carbonyl (C=O) groups is 1. The van der Waals surface area contributed by atoms with Crippen LogP contribution in [0.5, 0.6) is 0 Å². The third-order valence-corrected chi connectivity index (χ3v) is 3.09. The van der Waals surface area contributed by atoms with Gasteiger partial charge in [-0.2, -0.15) is 5.10 Å². The second-order valence-electron chi connectivity index (χ2n) is 4.62. The Morgan fingerprint density at radius 2 is 2.14 bits per heavy atom. The van der Waals surface area contributed by atoms with Gasteiger partial charge in [0, 0.05) is 24.2 Å². The first-order valence-electron chi connectivity index (χ1n) is 6.44. The Balaban J connectivity index is 1.95. The molecule has 0 N–H and O–H groups in total. The highest BCUT2D eigenvalue weighted by atomic mass is 19.1. The van der Waals surface area contributed by atoms with E-state index in [4.69, 9.17) is 0 Å². The molecule has 5 heteroatoms. The van der Waals surface area contributed by atoms with Crippen molar-refractivity contribution < 1.29 is 9.18 Å². The van der Waals surface area contributed by atoms with Gasteiger partial charge in [-0.15, -0.1) is 0 Å². The molecule has 0 atom stereocenters. The van der Waals surface area contributed by atoms with Crippen LogP contribution < -0.4 is 0 Å². The van der Waals surface area contributed by atoms with E-state index in [1.165, 1.54) is 12.1 Å². The predicted molar refractivity (Wildman–Crippen MR) is 76.3 cm³/mol. The van der Waals surface area contributed by atoms with Crippen LogP contribution in [-0.4, -0.2) is 21.1 Å². The number of aromatic nitrogens is 3. The highest BCUT2D eigenvalue weighted by molar-refractivity contribution is 5.85. The minimum atomic E-state index is -0.289. The molecule has 0 saturated carbocycles. The molecular formula is C16H12FN3O. The zero-order chi connectivity index (χ0) is 14.7. The van der Waals surface area contributed by atoms with Gasteiger partial charge in [-0.3, -0.25) is 14.5 Å². The van der Waals surface area contributed by atoms with E-state index in [1.807, 2.05) is 12.1 Å². The van der Waals surface area contributed by atoms with Crippen LogP contribution in [0.2, 0.25) is 0 Å². The smallest absolute Gasteiger partial charge is 0.153 e. The van der Waals surface area contributed by atoms with Gasteiger partial charge in [0.2, 0.25) is 0 Å². The third-order valence-electron chi connectivity index (χ3n) is 3.09. The van der Waals surface area contributed by atoms with E-state index in [1.54, 1.807) is 35.4 Å². The molecule has 3 rings (SSSR count). The largest absolute Gasteiger partial charge is 0.298 e. The topological polar surface area (TPSA) is 47.8 Å². The van der Waals surface area contributed by atoms with E-state index in [2.05, 4.69) is 10.1 Å². The number of pyridine rings is 1. The number of hydrogen-bond donors (Lipinski definition) is 0. The molecule has 104 valence electrons. The summed E-state index contributed by atoms with van der Waals surface area (Å²) in [6, 6.07) is 9.94. The van der Waals surface area contributed by atoms with Crippen molar-refractivity contribution in [3.63, 3.8) is 0 Å². The van der Waals surface area contributed by atoms with Crippen molar-refractivity contribution >= 4 is 6.29 Å². The van der Waals surface area contributed by atoms with Crippen LogP contribution in [0.4, 0.5) is 4.39 Å². The Morgan fingerprint density at radius 3 is 2.86 bits per heavy atom. The van der Waals surface area contributed by atoms with Crippen LogP contribution in [0, 0.1) is 5.82 Å². The molecule has 0 saturated heterocycles. The quantitative estimate of drug-likeness (QED) is 0.691. The Morgan fingerprint density at radius 1 is 1.24 bits per heavy atom. The number of halogens is 1. The SMILES string of the molecule is O=Cc1cn(Cc2cccc(F)c2)nc1-c1cccnc1. The first kappa shape index (κ1) is 13.2. The van der Waals surface area contributed by atoms with Crippen LogP contribution in [0.1, 0.15) is 15.9 Å². The van der Waals surface area contributed by atoms with Crippen molar-refractivity contribution in [2.45, 2.75) is 6.54 Å². The summed E-state index contributed by atoms with van der Waals surface area (Å²) < 4.78 is 14.8. The maximum absolute atomic E-state index is 13.2. The second-order valence-corrected chi connectivity index (χ2v) is 4.62. The zero-order valence-corrected chi connectivity index (χ0v) is 11.1. The molecule has 4 nitrogen and oxygen atoms in total. The molecule has 2 heterocycles. The van der Waals surface area contributed by atoms with Crippen molar-refractivity contribution in [3.05, 3.63) is 71.9 Å². The van der Waals surface area contributed by atoms with Gasteiger partial charge < -0.3 is 0 Å². The lowest BCUT2D eigenvalue weighted by atomic mass is 10.1. The summed E-state index contributed by atoms with van der Waals surface area (Å²) in [7, 11) is 0. The number of rotatable bonds is 4. The molecule has 0 fully saturated rings. The van der Waals surface area contributed by atoms with Crippen molar-refractivity contribution in [3.8, 4) is 11.3 Å². The zero-order valence-electron chi connectivity index (χ0n) is 11.1. The minimum Gasteiger partial charge on any atom is -0.298 e. The number of aldehydes is 1. The summed E-state index contributed by atoms with van der Waals surface area (Å²) >= 11 is 0. The van der Waals surface area contributed by atoms with Crippen LogP contribution in [-0.2, 0) is 6.54 Å². The maximum atomic E-state index is 13.2. The number of hydrogen-bond acceptors (Lipinski definition) is 3. The van der Waals surface area contributed by atoms with Crippen LogP contribution in [0.3, 0.4) is 0 Å². The molecule has 0 aliphatic carbocycles. The number of nitrogens with zero attached hydrogens (tertiary/aromatic N) is 3. The van der Waals surface area contributed by atoms with Gasteiger partial charge in [0.05, 0.1) is 12.1 Å². The average molecular weight is 281 g/mol. The summed E-state index contributed by atoms with van der Waals surface area (Å²) in [5, 5.41) is 4.40. The molecule has 0 radical (unpaired) electrons. The molecule has 0 aliphatic rings. The van der Waals surface area contributed by atoms with Crippen molar-refractivity contribution in [2.24, 2.45) is 0 Å². The molecule has 21 heavy (non-hydrogen) atoms. The van der Waals surface area contributed by atoms with Crippen LogP contribution in [0.15, 0.2) is 55.0 Å². The fourth-order valence-electron chi connectivity index (χ4n) is 2.15. The van der Waals surface area contributed by atoms with Crippen molar-refractivity contribution in [2.75, 3.05) is 0 Å². The Bertz CT molecular complexity index is 768. The predicted octanol–water partition coefficient (Wildman–Crippen LogP) is 2.95. The van der Waals surface area contributed by atoms with Crippen LogP contribution in [0.25, 0.3) is 11.3 Å². The number of benzene rings is 1. The molecule has 0 aliphatic heterocycles. The molecule has 0 bridgehead atoms. The molecule has 1 aromatic carbocycles. The van der Waals surface area contributed by atoms with E-state index in [0.29, 0.717) is 17.8 Å². The lowest BCUT2D eigenvalue weighted by molar-refractivity contribution is 0.112. The first-order valence-corrected chi connectivity index (χ1v) is 6.44. The van der Waals surface area contributed by atoms with Gasteiger partial charge in [0.1, 0.15) is 11.5 Å². The summed E-state index contributed by atoms with van der Waals surface area (Å²) in [6.45, 7) is 0.402. The van der Waals surface area contributed by atoms with Gasteiger partial charge in [0.15, 0.2) is 6.29 Å². The average Bonchev–Trinajstić information content (AvgIpc) is 2.91. The van der Waals surface area contributed by atoms with Gasteiger partial charge in [-0.1, -0.05) is 12.1 Å². The maximum Gasteiger partial charge on any atom is 0.153 e. The van der Waals surface area contributed by atoms with E-state index in [9.17, 15) is 9.18 Å². The van der Waals surface area contributed by atoms with E-state index in [-0.39, 0.29) is 5.82 Å². The highest BCUT2D eigenvalue weighted by Crippen LogP contribution is 2.20. The normalized spacial score (nSPS) is 10.5.